The summed E-state index contributed by atoms with van der Waals surface area (Å²) >= 11 is -0.403. The normalized spacial score (nSPS) is 11.2. The summed E-state index contributed by atoms with van der Waals surface area (Å²) in [4.78, 5) is 9.21. The van der Waals surface area contributed by atoms with Crippen molar-refractivity contribution in [2.75, 3.05) is 13.2 Å². The average molecular weight is 310 g/mol. The molecule has 0 saturated carbocycles. The number of hydrogen-bond acceptors (Lipinski definition) is 3. The first-order chi connectivity index (χ1) is 7.47. The van der Waals surface area contributed by atoms with Crippen molar-refractivity contribution in [1.82, 2.24) is 0 Å². The van der Waals surface area contributed by atoms with Gasteiger partial charge in [-0.3, -0.25) is 0 Å². The van der Waals surface area contributed by atoms with Gasteiger partial charge in [0.05, 0.1) is 0 Å². The molecule has 0 amide bonds. The molecule has 0 aromatic carbocycles. The van der Waals surface area contributed by atoms with Crippen LogP contribution in [-0.2, 0) is 8.85 Å². The standard InChI is InChI=1S/C6H15Ge.C5H14O3Si/c1-4-7(5-2)6-3;1-4-7-9(3,6)8-5-2/h4-6H2,1-3H3;6H,4-5H2,1-3H3. The predicted molar refractivity (Wildman–Crippen MR) is 74.3 cm³/mol. The van der Waals surface area contributed by atoms with Crippen molar-refractivity contribution in [2.24, 2.45) is 0 Å². The molecule has 0 rings (SSSR count). The van der Waals surface area contributed by atoms with E-state index in [1.165, 1.54) is 15.8 Å². The third kappa shape index (κ3) is 12.7. The molecule has 0 saturated heterocycles. The summed E-state index contributed by atoms with van der Waals surface area (Å²) in [5.41, 5.74) is 0. The third-order valence-corrected chi connectivity index (χ3v) is 10.3. The molecule has 0 heterocycles. The van der Waals surface area contributed by atoms with E-state index in [2.05, 4.69) is 20.8 Å². The van der Waals surface area contributed by atoms with Gasteiger partial charge < -0.3 is 13.6 Å². The zero-order valence-corrected chi connectivity index (χ0v) is 14.9. The summed E-state index contributed by atoms with van der Waals surface area (Å²) in [5.74, 6) is 0. The van der Waals surface area contributed by atoms with Gasteiger partial charge in [0, 0.05) is 19.8 Å². The Kier molecular flexibility index (Phi) is 14.4. The molecule has 0 spiro atoms. The van der Waals surface area contributed by atoms with Crippen LogP contribution in [0.4, 0.5) is 0 Å². The molecule has 0 aromatic rings. The van der Waals surface area contributed by atoms with E-state index in [0.717, 1.165) is 0 Å². The van der Waals surface area contributed by atoms with Gasteiger partial charge in [-0.2, -0.15) is 0 Å². The fourth-order valence-corrected chi connectivity index (χ4v) is 5.63. The van der Waals surface area contributed by atoms with Crippen LogP contribution >= 0.6 is 0 Å². The molecule has 0 atom stereocenters. The molecule has 1 N–H and O–H groups in total. The van der Waals surface area contributed by atoms with Crippen molar-refractivity contribution in [3.63, 3.8) is 0 Å². The van der Waals surface area contributed by atoms with Gasteiger partial charge in [0.2, 0.25) is 0 Å². The topological polar surface area (TPSA) is 38.7 Å². The van der Waals surface area contributed by atoms with Gasteiger partial charge >= 0.3 is 59.7 Å². The van der Waals surface area contributed by atoms with E-state index in [9.17, 15) is 4.80 Å². The second-order valence-corrected chi connectivity index (χ2v) is 13.5. The van der Waals surface area contributed by atoms with E-state index >= 15 is 0 Å². The maximum absolute atomic E-state index is 9.21. The van der Waals surface area contributed by atoms with Crippen LogP contribution in [0.25, 0.3) is 0 Å². The number of rotatable bonds is 7. The molecule has 3 nitrogen and oxygen atoms in total. The molecule has 0 aromatic heterocycles. The van der Waals surface area contributed by atoms with Crippen LogP contribution < -0.4 is 0 Å². The Morgan fingerprint density at radius 1 is 0.875 bits per heavy atom. The summed E-state index contributed by atoms with van der Waals surface area (Å²) in [6, 6.07) is 0. The zero-order valence-electron chi connectivity index (χ0n) is 11.8. The van der Waals surface area contributed by atoms with Gasteiger partial charge in [0.15, 0.2) is 0 Å². The summed E-state index contributed by atoms with van der Waals surface area (Å²) in [6.45, 7) is 13.3. The van der Waals surface area contributed by atoms with Gasteiger partial charge in [-0.15, -0.1) is 0 Å². The van der Waals surface area contributed by atoms with Crippen LogP contribution in [0.2, 0.25) is 22.3 Å². The summed E-state index contributed by atoms with van der Waals surface area (Å²) in [6.07, 6.45) is 0. The SMILES string of the molecule is CCO[Si](C)(O)OCC.C[CH2][Ge]([CH2]C)[CH2]C. The predicted octanol–water partition coefficient (Wildman–Crippen LogP) is 3.16. The van der Waals surface area contributed by atoms with E-state index in [1.54, 1.807) is 6.55 Å². The Hall–Kier alpha value is 0.640. The molecule has 99 valence electrons. The second-order valence-electron chi connectivity index (χ2n) is 3.57. The monoisotopic (exact) mass is 311 g/mol. The van der Waals surface area contributed by atoms with Crippen molar-refractivity contribution < 1.29 is 13.6 Å². The number of hydrogen-bond donors (Lipinski definition) is 1. The first kappa shape index (κ1) is 19.0. The second kappa shape index (κ2) is 12.1. The van der Waals surface area contributed by atoms with Crippen molar-refractivity contribution in [2.45, 2.75) is 56.9 Å². The first-order valence-corrected chi connectivity index (χ1v) is 13.0. The van der Waals surface area contributed by atoms with Gasteiger partial charge in [0.25, 0.3) is 0 Å². The molecule has 0 bridgehead atoms. The van der Waals surface area contributed by atoms with E-state index in [0.29, 0.717) is 13.2 Å². The summed E-state index contributed by atoms with van der Waals surface area (Å²) in [5, 5.41) is 4.56. The van der Waals surface area contributed by atoms with Crippen LogP contribution in [0.3, 0.4) is 0 Å². The van der Waals surface area contributed by atoms with Gasteiger partial charge in [-0.05, 0) is 13.8 Å². The van der Waals surface area contributed by atoms with Crippen LogP contribution in [0.15, 0.2) is 0 Å². The molecule has 1 radical (unpaired) electrons. The fourth-order valence-electron chi connectivity index (χ4n) is 1.33. The molecule has 5 heteroatoms. The van der Waals surface area contributed by atoms with Crippen LogP contribution in [-0.4, -0.2) is 41.2 Å². The van der Waals surface area contributed by atoms with E-state index < -0.39 is 23.2 Å². The van der Waals surface area contributed by atoms with Gasteiger partial charge in [0.1, 0.15) is 0 Å². The minimum absolute atomic E-state index is 0.403. The first-order valence-electron chi connectivity index (χ1n) is 6.31. The summed E-state index contributed by atoms with van der Waals surface area (Å²) < 4.78 is 9.88. The van der Waals surface area contributed by atoms with E-state index in [1.807, 2.05) is 13.8 Å². The molecule has 0 unspecified atom stereocenters. The molecule has 0 fully saturated rings. The Morgan fingerprint density at radius 3 is 1.31 bits per heavy atom. The summed E-state index contributed by atoms with van der Waals surface area (Å²) in [7, 11) is -2.70. The molecule has 0 aliphatic rings. The molecular formula is C11H29GeO3Si. The third-order valence-electron chi connectivity index (χ3n) is 2.32. The quantitative estimate of drug-likeness (QED) is 0.734. The van der Waals surface area contributed by atoms with Crippen molar-refractivity contribution in [3.8, 4) is 0 Å². The van der Waals surface area contributed by atoms with Crippen LogP contribution in [0.1, 0.15) is 34.6 Å². The Morgan fingerprint density at radius 2 is 1.19 bits per heavy atom. The van der Waals surface area contributed by atoms with Crippen LogP contribution in [0.5, 0.6) is 0 Å². The molecule has 0 aliphatic carbocycles. The fraction of sp³-hybridized carbons (Fsp3) is 1.00. The van der Waals surface area contributed by atoms with Crippen LogP contribution in [0, 0.1) is 0 Å². The Labute approximate surface area is 107 Å². The average Bonchev–Trinajstić information content (AvgIpc) is 2.21. The van der Waals surface area contributed by atoms with Crippen molar-refractivity contribution in [3.05, 3.63) is 0 Å². The zero-order chi connectivity index (χ0) is 13.0. The Bertz CT molecular complexity index is 128. The van der Waals surface area contributed by atoms with Gasteiger partial charge in [-0.25, -0.2) is 0 Å². The molecule has 16 heavy (non-hydrogen) atoms. The minimum atomic E-state index is -2.70. The molecule has 0 aliphatic heterocycles. The maximum atomic E-state index is 9.21. The Balaban J connectivity index is 0. The van der Waals surface area contributed by atoms with Crippen molar-refractivity contribution >= 4 is 23.2 Å². The van der Waals surface area contributed by atoms with E-state index in [4.69, 9.17) is 8.85 Å². The molecular weight excluding hydrogens is 281 g/mol. The van der Waals surface area contributed by atoms with Crippen molar-refractivity contribution in [1.29, 1.82) is 0 Å². The van der Waals surface area contributed by atoms with Gasteiger partial charge in [-0.1, -0.05) is 0 Å². The van der Waals surface area contributed by atoms with E-state index in [-0.39, 0.29) is 0 Å².